The van der Waals surface area contributed by atoms with E-state index in [1.165, 1.54) is 0 Å². The smallest absolute Gasteiger partial charge is 0.550 e. The van der Waals surface area contributed by atoms with Crippen LogP contribution in [0.5, 0.6) is 0 Å². The van der Waals surface area contributed by atoms with E-state index >= 15 is 0 Å². The molecule has 14 heavy (non-hydrogen) atoms. The van der Waals surface area contributed by atoms with Crippen LogP contribution in [0.3, 0.4) is 0 Å². The Balaban J connectivity index is -0.0000000522. The van der Waals surface area contributed by atoms with Gasteiger partial charge in [-0.2, -0.15) is 8.42 Å². The van der Waals surface area contributed by atoms with E-state index < -0.39 is 22.3 Å². The van der Waals surface area contributed by atoms with Gasteiger partial charge in [0.1, 0.15) is 0 Å². The summed E-state index contributed by atoms with van der Waals surface area (Å²) >= 11 is 0. The van der Waals surface area contributed by atoms with Gasteiger partial charge in [0, 0.05) is 11.9 Å². The Hall–Kier alpha value is -0.255. The van der Waals surface area contributed by atoms with Gasteiger partial charge in [-0.15, -0.1) is 0 Å². The molecular weight excluding hydrogens is 409 g/mol. The number of aliphatic carboxylic acids is 2. The molecule has 0 atom stereocenters. The second-order valence-corrected chi connectivity index (χ2v) is 2.33. The molecule has 0 amide bonds. The maximum Gasteiger partial charge on any atom is 2.00 e. The van der Waals surface area contributed by atoms with Crippen LogP contribution in [0.1, 0.15) is 13.8 Å². The molecule has 0 saturated carbocycles. The number of rotatable bonds is 0. The van der Waals surface area contributed by atoms with Crippen molar-refractivity contribution in [1.82, 2.24) is 0 Å². The molecule has 0 aliphatic heterocycles. The van der Waals surface area contributed by atoms with E-state index in [1.807, 2.05) is 0 Å². The first-order valence-electron chi connectivity index (χ1n) is 2.51. The molecule has 0 aromatic heterocycles. The molecule has 0 aromatic rings. The molecule has 0 aliphatic rings. The number of carbonyl (C=O) groups is 2. The molecule has 2 N–H and O–H groups in total. The number of carboxylic acid groups (broad SMARTS) is 2. The molecule has 0 aromatic carbocycles. The second-order valence-electron chi connectivity index (χ2n) is 1.43. The summed E-state index contributed by atoms with van der Waals surface area (Å²) in [7, 11) is -4.67. The van der Waals surface area contributed by atoms with Crippen LogP contribution < -0.4 is 10.2 Å². The zero-order valence-electron chi connectivity index (χ0n) is 7.46. The Labute approximate surface area is 101 Å². The molecule has 0 bridgehead atoms. The molecule has 8 nitrogen and oxygen atoms in total. The van der Waals surface area contributed by atoms with Crippen molar-refractivity contribution in [3.05, 3.63) is 0 Å². The Morgan fingerprint density at radius 2 is 1.00 bits per heavy atom. The average molecular weight is 417 g/mol. The Kier molecular flexibility index (Phi) is 21.4. The van der Waals surface area contributed by atoms with Gasteiger partial charge < -0.3 is 19.8 Å². The molecule has 80 valence electrons. The van der Waals surface area contributed by atoms with E-state index in [2.05, 4.69) is 0 Å². The zero-order valence-corrected chi connectivity index (χ0v) is 13.8. The molecule has 0 spiro atoms. The summed E-state index contributed by atoms with van der Waals surface area (Å²) in [5.74, 6) is -2.17. The van der Waals surface area contributed by atoms with E-state index in [4.69, 9.17) is 37.3 Å². The summed E-state index contributed by atoms with van der Waals surface area (Å²) in [6.07, 6.45) is 0. The van der Waals surface area contributed by atoms with Crippen molar-refractivity contribution in [2.24, 2.45) is 0 Å². The molecular formula is C4H8HgO8S. The van der Waals surface area contributed by atoms with Crippen LogP contribution in [-0.2, 0) is 47.7 Å². The Morgan fingerprint density at radius 3 is 1.00 bits per heavy atom. The monoisotopic (exact) mass is 418 g/mol. The first kappa shape index (κ1) is 23.5. The van der Waals surface area contributed by atoms with Gasteiger partial charge in [-0.1, -0.05) is 0 Å². The second kappa shape index (κ2) is 12.7. The van der Waals surface area contributed by atoms with E-state index in [-0.39, 0.29) is 27.7 Å². The molecule has 10 heteroatoms. The van der Waals surface area contributed by atoms with Gasteiger partial charge in [-0.25, -0.2) is 0 Å². The van der Waals surface area contributed by atoms with E-state index in [0.717, 1.165) is 13.8 Å². The van der Waals surface area contributed by atoms with Crippen molar-refractivity contribution in [3.8, 4) is 0 Å². The van der Waals surface area contributed by atoms with Crippen molar-refractivity contribution in [2.75, 3.05) is 0 Å². The first-order chi connectivity index (χ1) is 5.46. The van der Waals surface area contributed by atoms with Gasteiger partial charge in [-0.3, -0.25) is 9.11 Å². The van der Waals surface area contributed by atoms with Crippen molar-refractivity contribution in [1.29, 1.82) is 0 Å². The number of hydrogen-bond acceptors (Lipinski definition) is 6. The van der Waals surface area contributed by atoms with Crippen LogP contribution in [0.2, 0.25) is 0 Å². The third-order valence-corrected chi connectivity index (χ3v) is 0. The largest absolute Gasteiger partial charge is 2.00 e. The number of carboxylic acids is 2. The predicted molar refractivity (Wildman–Crippen MR) is 35.5 cm³/mol. The van der Waals surface area contributed by atoms with Gasteiger partial charge in [0.15, 0.2) is 0 Å². The van der Waals surface area contributed by atoms with Crippen LogP contribution in [0.15, 0.2) is 0 Å². The Bertz CT molecular complexity index is 216. The number of carbonyl (C=O) groups excluding carboxylic acids is 2. The summed E-state index contributed by atoms with van der Waals surface area (Å²) in [5.41, 5.74) is 0. The average Bonchev–Trinajstić information content (AvgIpc) is 1.50. The Morgan fingerprint density at radius 1 is 1.00 bits per heavy atom. The normalized spacial score (nSPS) is 7.71. The summed E-state index contributed by atoms with van der Waals surface area (Å²) in [5, 5.41) is 17.8. The minimum Gasteiger partial charge on any atom is -0.550 e. The van der Waals surface area contributed by atoms with Gasteiger partial charge in [0.25, 0.3) is 0 Å². The van der Waals surface area contributed by atoms with Crippen LogP contribution >= 0.6 is 0 Å². The fourth-order valence-corrected chi connectivity index (χ4v) is 0. The summed E-state index contributed by atoms with van der Waals surface area (Å²) in [6.45, 7) is 1.94. The SMILES string of the molecule is CC(=O)[O-].CC(=O)[O-].O=S(=O)(O)O.[Hg+2]. The van der Waals surface area contributed by atoms with E-state index in [1.54, 1.807) is 0 Å². The van der Waals surface area contributed by atoms with Crippen molar-refractivity contribution in [3.63, 3.8) is 0 Å². The van der Waals surface area contributed by atoms with E-state index in [9.17, 15) is 0 Å². The van der Waals surface area contributed by atoms with Crippen LogP contribution in [0, 0.1) is 0 Å². The first-order valence-corrected chi connectivity index (χ1v) is 3.91. The van der Waals surface area contributed by atoms with Gasteiger partial charge in [-0.05, 0) is 13.8 Å². The predicted octanol–water partition coefficient (Wildman–Crippen LogP) is -3.14. The maximum atomic E-state index is 8.89. The summed E-state index contributed by atoms with van der Waals surface area (Å²) < 4.78 is 31.6. The van der Waals surface area contributed by atoms with Crippen LogP contribution in [0.4, 0.5) is 0 Å². The molecule has 0 fully saturated rings. The molecule has 0 saturated heterocycles. The van der Waals surface area contributed by atoms with Crippen molar-refractivity contribution < 1.29 is 65.0 Å². The minimum atomic E-state index is -4.67. The fraction of sp³-hybridized carbons (Fsp3) is 0.500. The van der Waals surface area contributed by atoms with Gasteiger partial charge in [0.05, 0.1) is 0 Å². The number of hydrogen-bond donors (Lipinski definition) is 2. The molecule has 0 unspecified atom stereocenters. The van der Waals surface area contributed by atoms with Gasteiger partial charge >= 0.3 is 38.1 Å². The maximum absolute atomic E-state index is 8.89. The molecule has 0 rings (SSSR count). The van der Waals surface area contributed by atoms with E-state index in [0.29, 0.717) is 0 Å². The topological polar surface area (TPSA) is 155 Å². The van der Waals surface area contributed by atoms with Crippen LogP contribution in [0.25, 0.3) is 0 Å². The molecule has 0 radical (unpaired) electrons. The third kappa shape index (κ3) is 20900. The minimum absolute atomic E-state index is 0. The quantitative estimate of drug-likeness (QED) is 0.310. The fourth-order valence-electron chi connectivity index (χ4n) is 0. The van der Waals surface area contributed by atoms with Gasteiger partial charge in [0.2, 0.25) is 0 Å². The molecule has 0 heterocycles. The van der Waals surface area contributed by atoms with Crippen LogP contribution in [-0.4, -0.2) is 29.5 Å². The molecule has 0 aliphatic carbocycles. The third-order valence-electron chi connectivity index (χ3n) is 0. The zero-order chi connectivity index (χ0) is 11.7. The van der Waals surface area contributed by atoms with Crippen molar-refractivity contribution >= 4 is 22.3 Å². The standard InChI is InChI=1S/2C2H4O2.Hg.H2O4S/c2*1-2(3)4;;1-5(2,3)4/h2*1H3,(H,3,4);;(H2,1,2,3,4)/q;;+2;/p-2. The summed E-state index contributed by atoms with van der Waals surface area (Å²) in [6, 6.07) is 0. The summed E-state index contributed by atoms with van der Waals surface area (Å²) in [4.78, 5) is 17.8. The van der Waals surface area contributed by atoms with Crippen molar-refractivity contribution in [2.45, 2.75) is 13.8 Å².